The molecule has 8 heteroatoms. The first-order chi connectivity index (χ1) is 14.5. The predicted molar refractivity (Wildman–Crippen MR) is 110 cm³/mol. The number of amides is 1. The van der Waals surface area contributed by atoms with Gasteiger partial charge in [-0.1, -0.05) is 28.9 Å². The van der Waals surface area contributed by atoms with Crippen LogP contribution in [0.1, 0.15) is 33.5 Å². The van der Waals surface area contributed by atoms with Crippen LogP contribution in [-0.2, 0) is 0 Å². The summed E-state index contributed by atoms with van der Waals surface area (Å²) in [7, 11) is 1.55. The van der Waals surface area contributed by atoms with E-state index < -0.39 is 11.9 Å². The first kappa shape index (κ1) is 18.4. The molecule has 0 unspecified atom stereocenters. The predicted octanol–water partition coefficient (Wildman–Crippen LogP) is 4.50. The highest BCUT2D eigenvalue weighted by atomic mass is 35.5. The standard InChI is InChI=1S/C22H15ClN2O5/c1-11-8-17(24-30-11)25-19(12-4-3-5-14(9-12)28-2)18-20(26)15-10-13(23)6-7-16(15)29-21(18)22(25)27/h3-10,19H,1-2H3/t19-/m1/s1. The third-order valence-corrected chi connectivity index (χ3v) is 5.34. The number of fused-ring (bicyclic) bond motifs is 2. The molecule has 0 saturated carbocycles. The van der Waals surface area contributed by atoms with Crippen molar-refractivity contribution in [3.63, 3.8) is 0 Å². The van der Waals surface area contributed by atoms with Crippen molar-refractivity contribution >= 4 is 34.3 Å². The van der Waals surface area contributed by atoms with Gasteiger partial charge in [-0.2, -0.15) is 0 Å². The number of hydrogen-bond acceptors (Lipinski definition) is 6. The topological polar surface area (TPSA) is 85.8 Å². The maximum atomic E-state index is 13.5. The second kappa shape index (κ2) is 6.74. The summed E-state index contributed by atoms with van der Waals surface area (Å²) in [4.78, 5) is 28.2. The van der Waals surface area contributed by atoms with Crippen LogP contribution in [0.25, 0.3) is 11.0 Å². The van der Waals surface area contributed by atoms with Crippen molar-refractivity contribution in [2.45, 2.75) is 13.0 Å². The molecule has 1 atom stereocenters. The van der Waals surface area contributed by atoms with Gasteiger partial charge in [0, 0.05) is 11.1 Å². The molecule has 3 heterocycles. The zero-order valence-corrected chi connectivity index (χ0v) is 16.8. The Kier molecular flexibility index (Phi) is 4.15. The van der Waals surface area contributed by atoms with Crippen molar-refractivity contribution in [3.05, 3.63) is 86.4 Å². The van der Waals surface area contributed by atoms with Gasteiger partial charge in [0.15, 0.2) is 11.2 Å². The highest BCUT2D eigenvalue weighted by molar-refractivity contribution is 6.31. The molecule has 7 nitrogen and oxygen atoms in total. The molecule has 0 saturated heterocycles. The summed E-state index contributed by atoms with van der Waals surface area (Å²) in [6.45, 7) is 1.73. The number of carbonyl (C=O) groups is 1. The van der Waals surface area contributed by atoms with Crippen molar-refractivity contribution in [2.24, 2.45) is 0 Å². The average Bonchev–Trinajstić information content (AvgIpc) is 3.30. The Morgan fingerprint density at radius 2 is 1.97 bits per heavy atom. The molecule has 2 aromatic carbocycles. The number of aromatic nitrogens is 1. The van der Waals surface area contributed by atoms with E-state index in [0.717, 1.165) is 0 Å². The molecular weight excluding hydrogens is 408 g/mol. The highest BCUT2D eigenvalue weighted by Gasteiger charge is 2.45. The van der Waals surface area contributed by atoms with E-state index in [4.69, 9.17) is 25.3 Å². The second-order valence-electron chi connectivity index (χ2n) is 6.96. The van der Waals surface area contributed by atoms with Crippen LogP contribution in [0.15, 0.2) is 62.3 Å². The van der Waals surface area contributed by atoms with E-state index in [1.807, 2.05) is 6.07 Å². The normalized spacial score (nSPS) is 15.6. The van der Waals surface area contributed by atoms with Gasteiger partial charge in [0.2, 0.25) is 5.76 Å². The van der Waals surface area contributed by atoms with Crippen molar-refractivity contribution in [2.75, 3.05) is 12.0 Å². The molecule has 2 aromatic heterocycles. The lowest BCUT2D eigenvalue weighted by Gasteiger charge is -2.22. The van der Waals surface area contributed by atoms with E-state index in [9.17, 15) is 9.59 Å². The van der Waals surface area contributed by atoms with Crippen LogP contribution in [0.5, 0.6) is 5.75 Å². The highest BCUT2D eigenvalue weighted by Crippen LogP contribution is 2.41. The first-order valence-electron chi connectivity index (χ1n) is 9.15. The Labute approximate surface area is 175 Å². The summed E-state index contributed by atoms with van der Waals surface area (Å²) in [5.74, 6) is 0.925. The van der Waals surface area contributed by atoms with Gasteiger partial charge in [-0.3, -0.25) is 14.5 Å². The largest absolute Gasteiger partial charge is 0.497 e. The van der Waals surface area contributed by atoms with Crippen LogP contribution >= 0.6 is 11.6 Å². The van der Waals surface area contributed by atoms with Crippen molar-refractivity contribution in [1.82, 2.24) is 5.16 Å². The monoisotopic (exact) mass is 422 g/mol. The van der Waals surface area contributed by atoms with Crippen molar-refractivity contribution in [3.8, 4) is 5.75 Å². The summed E-state index contributed by atoms with van der Waals surface area (Å²) in [5.41, 5.74) is 0.871. The number of hydrogen-bond donors (Lipinski definition) is 0. The number of carbonyl (C=O) groups excluding carboxylic acids is 1. The van der Waals surface area contributed by atoms with Crippen LogP contribution in [0.3, 0.4) is 0 Å². The van der Waals surface area contributed by atoms with Gasteiger partial charge in [0.25, 0.3) is 5.91 Å². The molecule has 1 amide bonds. The van der Waals surface area contributed by atoms with Gasteiger partial charge < -0.3 is 13.7 Å². The van der Waals surface area contributed by atoms with E-state index in [1.54, 1.807) is 56.5 Å². The minimum absolute atomic E-state index is 0.0247. The second-order valence-corrected chi connectivity index (χ2v) is 7.40. The Morgan fingerprint density at radius 1 is 1.13 bits per heavy atom. The molecule has 0 bridgehead atoms. The summed E-state index contributed by atoms with van der Waals surface area (Å²) in [6.07, 6.45) is 0. The Hall–Kier alpha value is -3.58. The number of aryl methyl sites for hydroxylation is 1. The zero-order valence-electron chi connectivity index (χ0n) is 16.0. The molecule has 5 rings (SSSR count). The fourth-order valence-corrected chi connectivity index (χ4v) is 3.95. The number of nitrogens with zero attached hydrogens (tertiary/aromatic N) is 2. The Balaban J connectivity index is 1.83. The quantitative estimate of drug-likeness (QED) is 0.483. The maximum absolute atomic E-state index is 13.5. The van der Waals surface area contributed by atoms with Gasteiger partial charge in [-0.25, -0.2) is 0 Å². The van der Waals surface area contributed by atoms with Gasteiger partial charge in [-0.15, -0.1) is 0 Å². The van der Waals surface area contributed by atoms with Crippen LogP contribution in [-0.4, -0.2) is 18.2 Å². The number of anilines is 1. The van der Waals surface area contributed by atoms with Crippen molar-refractivity contribution < 1.29 is 18.5 Å². The molecule has 1 aliphatic heterocycles. The van der Waals surface area contributed by atoms with Gasteiger partial charge in [0.05, 0.1) is 24.1 Å². The van der Waals surface area contributed by atoms with E-state index in [-0.39, 0.29) is 16.8 Å². The molecule has 0 radical (unpaired) electrons. The van der Waals surface area contributed by atoms with Crippen molar-refractivity contribution in [1.29, 1.82) is 0 Å². The Bertz CT molecular complexity index is 1370. The van der Waals surface area contributed by atoms with E-state index in [1.165, 1.54) is 4.90 Å². The molecular formula is C22H15ClN2O5. The summed E-state index contributed by atoms with van der Waals surface area (Å²) < 4.78 is 16.4. The molecule has 0 fully saturated rings. The van der Waals surface area contributed by atoms with Crippen LogP contribution < -0.4 is 15.1 Å². The van der Waals surface area contributed by atoms with Gasteiger partial charge >= 0.3 is 0 Å². The fraction of sp³-hybridized carbons (Fsp3) is 0.136. The summed E-state index contributed by atoms with van der Waals surface area (Å²) in [5, 5.41) is 4.71. The third-order valence-electron chi connectivity index (χ3n) is 5.10. The zero-order chi connectivity index (χ0) is 21.0. The molecule has 0 spiro atoms. The molecule has 0 N–H and O–H groups in total. The van der Waals surface area contributed by atoms with Crippen LogP contribution in [0.2, 0.25) is 5.02 Å². The lowest BCUT2D eigenvalue weighted by Crippen LogP contribution is -2.29. The first-order valence-corrected chi connectivity index (χ1v) is 9.53. The number of rotatable bonds is 3. The SMILES string of the molecule is COc1cccc([C@@H]2c3c(oc4ccc(Cl)cc4c3=O)C(=O)N2c2cc(C)on2)c1. The lowest BCUT2D eigenvalue weighted by atomic mass is 9.98. The fourth-order valence-electron chi connectivity index (χ4n) is 3.78. The smallest absolute Gasteiger partial charge is 0.296 e. The molecule has 4 aromatic rings. The minimum Gasteiger partial charge on any atom is -0.497 e. The van der Waals surface area contributed by atoms with Crippen LogP contribution in [0, 0.1) is 6.92 Å². The molecule has 30 heavy (non-hydrogen) atoms. The van der Waals surface area contributed by atoms with E-state index >= 15 is 0 Å². The summed E-state index contributed by atoms with van der Waals surface area (Å²) >= 11 is 6.09. The molecule has 150 valence electrons. The number of ether oxygens (including phenoxy) is 1. The number of methoxy groups -OCH3 is 1. The number of halogens is 1. The average molecular weight is 423 g/mol. The summed E-state index contributed by atoms with van der Waals surface area (Å²) in [6, 6.07) is 12.8. The number of benzene rings is 2. The molecule has 1 aliphatic rings. The minimum atomic E-state index is -0.758. The Morgan fingerprint density at radius 3 is 2.70 bits per heavy atom. The maximum Gasteiger partial charge on any atom is 0.296 e. The van der Waals surface area contributed by atoms with Gasteiger partial charge in [-0.05, 0) is 42.8 Å². The molecule has 0 aliphatic carbocycles. The lowest BCUT2D eigenvalue weighted by molar-refractivity contribution is 0.0969. The van der Waals surface area contributed by atoms with Gasteiger partial charge in [0.1, 0.15) is 17.1 Å². The van der Waals surface area contributed by atoms with E-state index in [2.05, 4.69) is 5.16 Å². The van der Waals surface area contributed by atoms with Crippen LogP contribution in [0.4, 0.5) is 5.82 Å². The van der Waals surface area contributed by atoms with E-state index in [0.29, 0.717) is 38.9 Å². The third kappa shape index (κ3) is 2.70.